The van der Waals surface area contributed by atoms with Gasteiger partial charge >= 0.3 is 0 Å². The molecule has 2 aliphatic rings. The fraction of sp³-hybridized carbons (Fsp3) is 0.632. The molecule has 2 saturated heterocycles. The average molecular weight is 333 g/mol. The molecule has 2 bridgehead atoms. The first-order chi connectivity index (χ1) is 11.5. The Labute approximate surface area is 143 Å². The van der Waals surface area contributed by atoms with Gasteiger partial charge in [0.25, 0.3) is 0 Å². The highest BCUT2D eigenvalue weighted by Crippen LogP contribution is 2.34. The van der Waals surface area contributed by atoms with E-state index in [2.05, 4.69) is 31.4 Å². The summed E-state index contributed by atoms with van der Waals surface area (Å²) in [6.07, 6.45) is 4.11. The summed E-state index contributed by atoms with van der Waals surface area (Å²) in [6.45, 7) is 7.65. The van der Waals surface area contributed by atoms with Crippen molar-refractivity contribution in [3.05, 3.63) is 35.6 Å². The first kappa shape index (κ1) is 17.2. The maximum atomic E-state index is 13.5. The number of benzene rings is 1. The van der Waals surface area contributed by atoms with Crippen LogP contribution in [0.25, 0.3) is 0 Å². The highest BCUT2D eigenvalue weighted by Gasteiger charge is 2.41. The lowest BCUT2D eigenvalue weighted by Gasteiger charge is -2.26. The Hall–Kier alpha value is -1.62. The Morgan fingerprint density at radius 1 is 1.38 bits per heavy atom. The van der Waals surface area contributed by atoms with Gasteiger partial charge in [-0.05, 0) is 43.9 Å². The molecule has 5 heteroatoms. The highest BCUT2D eigenvalue weighted by atomic mass is 19.1. The van der Waals surface area contributed by atoms with E-state index in [1.807, 2.05) is 6.07 Å². The molecule has 2 heterocycles. The van der Waals surface area contributed by atoms with Gasteiger partial charge in [-0.15, -0.1) is 0 Å². The fourth-order valence-corrected chi connectivity index (χ4v) is 3.56. The molecule has 2 N–H and O–H groups in total. The number of guanidine groups is 1. The normalized spacial score (nSPS) is 26.7. The molecule has 1 aromatic carbocycles. The summed E-state index contributed by atoms with van der Waals surface area (Å²) in [5.41, 5.74) is 0.737. The SMILES string of the molecule is CCNC(=NCC(C)(C)c1cccc(F)c1)NC1CC2CCC1O2. The maximum Gasteiger partial charge on any atom is 0.191 e. The smallest absolute Gasteiger partial charge is 0.191 e. The van der Waals surface area contributed by atoms with Crippen LogP contribution in [0.4, 0.5) is 4.39 Å². The monoisotopic (exact) mass is 333 g/mol. The van der Waals surface area contributed by atoms with Crippen molar-refractivity contribution in [3.8, 4) is 0 Å². The minimum absolute atomic E-state index is 0.200. The van der Waals surface area contributed by atoms with E-state index in [1.165, 1.54) is 12.5 Å². The number of ether oxygens (including phenoxy) is 1. The van der Waals surface area contributed by atoms with E-state index in [0.29, 0.717) is 24.8 Å². The number of halogens is 1. The van der Waals surface area contributed by atoms with Crippen LogP contribution in [0.5, 0.6) is 0 Å². The summed E-state index contributed by atoms with van der Waals surface area (Å²) >= 11 is 0. The molecular weight excluding hydrogens is 305 g/mol. The molecule has 0 saturated carbocycles. The lowest BCUT2D eigenvalue weighted by molar-refractivity contribution is 0.0992. The summed E-state index contributed by atoms with van der Waals surface area (Å²) in [4.78, 5) is 4.75. The van der Waals surface area contributed by atoms with E-state index in [4.69, 9.17) is 9.73 Å². The third-order valence-corrected chi connectivity index (χ3v) is 5.01. The average Bonchev–Trinajstić information content (AvgIpc) is 3.16. The molecule has 132 valence electrons. The van der Waals surface area contributed by atoms with Crippen LogP contribution in [-0.4, -0.2) is 37.3 Å². The molecule has 0 aliphatic carbocycles. The van der Waals surface area contributed by atoms with Crippen LogP contribution in [0.3, 0.4) is 0 Å². The molecule has 24 heavy (non-hydrogen) atoms. The second-order valence-electron chi connectivity index (χ2n) is 7.45. The molecule has 3 atom stereocenters. The Balaban J connectivity index is 1.66. The third kappa shape index (κ3) is 3.89. The fourth-order valence-electron chi connectivity index (χ4n) is 3.56. The van der Waals surface area contributed by atoms with Crippen LogP contribution in [-0.2, 0) is 10.2 Å². The lowest BCUT2D eigenvalue weighted by Crippen LogP contribution is -2.47. The standard InChI is InChI=1S/C19H28FN3O/c1-4-21-18(23-16-11-15-8-9-17(16)24-15)22-12-19(2,3)13-6-5-7-14(20)10-13/h5-7,10,15-17H,4,8-9,11-12H2,1-3H3,(H2,21,22,23). The molecule has 4 nitrogen and oxygen atoms in total. The molecule has 2 fully saturated rings. The second-order valence-corrected chi connectivity index (χ2v) is 7.45. The minimum Gasteiger partial charge on any atom is -0.373 e. The van der Waals surface area contributed by atoms with E-state index in [-0.39, 0.29) is 11.2 Å². The molecule has 2 aliphatic heterocycles. The molecule has 3 unspecified atom stereocenters. The van der Waals surface area contributed by atoms with Gasteiger partial charge in [-0.1, -0.05) is 26.0 Å². The minimum atomic E-state index is -0.227. The number of nitrogens with one attached hydrogen (secondary N) is 2. The maximum absolute atomic E-state index is 13.5. The number of hydrogen-bond donors (Lipinski definition) is 2. The second kappa shape index (κ2) is 7.09. The molecular formula is C19H28FN3O. The number of rotatable bonds is 5. The largest absolute Gasteiger partial charge is 0.373 e. The van der Waals surface area contributed by atoms with Crippen LogP contribution in [0.15, 0.2) is 29.3 Å². The van der Waals surface area contributed by atoms with Crippen molar-refractivity contribution in [2.75, 3.05) is 13.1 Å². The first-order valence-corrected chi connectivity index (χ1v) is 8.94. The molecule has 0 radical (unpaired) electrons. The zero-order chi connectivity index (χ0) is 17.2. The van der Waals surface area contributed by atoms with E-state index in [1.54, 1.807) is 12.1 Å². The molecule has 1 aromatic rings. The van der Waals surface area contributed by atoms with E-state index >= 15 is 0 Å². The Morgan fingerprint density at radius 3 is 2.83 bits per heavy atom. The van der Waals surface area contributed by atoms with Gasteiger partial charge in [-0.3, -0.25) is 4.99 Å². The predicted octanol–water partition coefficient (Wildman–Crippen LogP) is 2.98. The summed E-state index contributed by atoms with van der Waals surface area (Å²) in [5.74, 6) is 0.622. The van der Waals surface area contributed by atoms with Gasteiger partial charge in [-0.2, -0.15) is 0 Å². The Kier molecular flexibility index (Phi) is 5.09. The van der Waals surface area contributed by atoms with Crippen molar-refractivity contribution in [1.82, 2.24) is 10.6 Å². The van der Waals surface area contributed by atoms with E-state index in [0.717, 1.165) is 30.9 Å². The number of aliphatic imine (C=N–C) groups is 1. The van der Waals surface area contributed by atoms with Crippen LogP contribution in [0, 0.1) is 5.82 Å². The van der Waals surface area contributed by atoms with Crippen LogP contribution >= 0.6 is 0 Å². The van der Waals surface area contributed by atoms with Crippen molar-refractivity contribution in [3.63, 3.8) is 0 Å². The summed E-state index contributed by atoms with van der Waals surface area (Å²) in [6, 6.07) is 7.14. The van der Waals surface area contributed by atoms with Gasteiger partial charge in [-0.25, -0.2) is 4.39 Å². The van der Waals surface area contributed by atoms with Crippen molar-refractivity contribution < 1.29 is 9.13 Å². The van der Waals surface area contributed by atoms with Crippen LogP contribution in [0.1, 0.15) is 45.6 Å². The Morgan fingerprint density at radius 2 is 2.21 bits per heavy atom. The zero-order valence-electron chi connectivity index (χ0n) is 14.8. The molecule has 0 spiro atoms. The Bertz CT molecular complexity index is 602. The predicted molar refractivity (Wildman–Crippen MR) is 94.8 cm³/mol. The van der Waals surface area contributed by atoms with Gasteiger partial charge in [0.05, 0.1) is 24.8 Å². The van der Waals surface area contributed by atoms with Crippen molar-refractivity contribution in [2.24, 2.45) is 4.99 Å². The van der Waals surface area contributed by atoms with Crippen molar-refractivity contribution in [1.29, 1.82) is 0 Å². The van der Waals surface area contributed by atoms with Gasteiger partial charge in [0.2, 0.25) is 0 Å². The topological polar surface area (TPSA) is 45.7 Å². The molecule has 0 amide bonds. The van der Waals surface area contributed by atoms with Gasteiger partial charge in [0.1, 0.15) is 5.82 Å². The van der Waals surface area contributed by atoms with Crippen LogP contribution < -0.4 is 10.6 Å². The number of hydrogen-bond acceptors (Lipinski definition) is 2. The van der Waals surface area contributed by atoms with E-state index < -0.39 is 0 Å². The van der Waals surface area contributed by atoms with Gasteiger partial charge in [0, 0.05) is 12.0 Å². The van der Waals surface area contributed by atoms with Gasteiger partial charge in [0.15, 0.2) is 5.96 Å². The first-order valence-electron chi connectivity index (χ1n) is 8.94. The summed E-state index contributed by atoms with van der Waals surface area (Å²) in [5, 5.41) is 6.84. The summed E-state index contributed by atoms with van der Waals surface area (Å²) < 4.78 is 19.4. The van der Waals surface area contributed by atoms with E-state index in [9.17, 15) is 4.39 Å². The number of nitrogens with zero attached hydrogens (tertiary/aromatic N) is 1. The number of fused-ring (bicyclic) bond motifs is 2. The molecule has 3 rings (SSSR count). The highest BCUT2D eigenvalue weighted by molar-refractivity contribution is 5.80. The lowest BCUT2D eigenvalue weighted by atomic mass is 9.85. The van der Waals surface area contributed by atoms with Gasteiger partial charge < -0.3 is 15.4 Å². The third-order valence-electron chi connectivity index (χ3n) is 5.01. The van der Waals surface area contributed by atoms with Crippen molar-refractivity contribution >= 4 is 5.96 Å². The van der Waals surface area contributed by atoms with Crippen molar-refractivity contribution in [2.45, 2.75) is 63.7 Å². The molecule has 0 aromatic heterocycles. The summed E-state index contributed by atoms with van der Waals surface area (Å²) in [7, 11) is 0. The quantitative estimate of drug-likeness (QED) is 0.643. The van der Waals surface area contributed by atoms with Crippen LogP contribution in [0.2, 0.25) is 0 Å². The zero-order valence-corrected chi connectivity index (χ0v) is 14.8.